The zero-order valence-corrected chi connectivity index (χ0v) is 11.4. The van der Waals surface area contributed by atoms with E-state index < -0.39 is 0 Å². The Labute approximate surface area is 118 Å². The first-order chi connectivity index (χ1) is 9.24. The molecule has 3 rings (SSSR count). The van der Waals surface area contributed by atoms with Gasteiger partial charge in [-0.15, -0.1) is 0 Å². The lowest BCUT2D eigenvalue weighted by Gasteiger charge is -2.32. The summed E-state index contributed by atoms with van der Waals surface area (Å²) in [6.45, 7) is 1.90. The Kier molecular flexibility index (Phi) is 3.30. The first-order valence-electron chi connectivity index (χ1n) is 6.47. The minimum atomic E-state index is 0.534. The van der Waals surface area contributed by atoms with Crippen LogP contribution < -0.4 is 10.6 Å². The first-order valence-corrected chi connectivity index (χ1v) is 6.84. The van der Waals surface area contributed by atoms with Crippen molar-refractivity contribution in [1.29, 1.82) is 0 Å². The molecule has 0 atom stereocenters. The Morgan fingerprint density at radius 2 is 2.16 bits per heavy atom. The lowest BCUT2D eigenvalue weighted by atomic mass is 9.99. The fourth-order valence-corrected chi connectivity index (χ4v) is 2.72. The van der Waals surface area contributed by atoms with Gasteiger partial charge < -0.3 is 10.6 Å². The van der Waals surface area contributed by atoms with E-state index in [0.717, 1.165) is 31.6 Å². The minimum Gasteiger partial charge on any atom is -0.398 e. The van der Waals surface area contributed by atoms with E-state index in [0.29, 0.717) is 5.15 Å². The maximum atomic E-state index is 6.06. The molecular formula is C15H16ClN3. The van der Waals surface area contributed by atoms with Crippen molar-refractivity contribution in [1.82, 2.24) is 4.98 Å². The third-order valence-electron chi connectivity index (χ3n) is 3.55. The number of fused-ring (bicyclic) bond motifs is 1. The maximum Gasteiger partial charge on any atom is 0.129 e. The summed E-state index contributed by atoms with van der Waals surface area (Å²) in [5.74, 6) is 0. The molecule has 0 saturated carbocycles. The van der Waals surface area contributed by atoms with Crippen molar-refractivity contribution in [2.45, 2.75) is 19.4 Å². The van der Waals surface area contributed by atoms with Crippen LogP contribution in [0.15, 0.2) is 36.5 Å². The summed E-state index contributed by atoms with van der Waals surface area (Å²) in [5.41, 5.74) is 10.7. The van der Waals surface area contributed by atoms with Crippen LogP contribution in [0.2, 0.25) is 5.15 Å². The molecule has 3 nitrogen and oxygen atoms in total. The van der Waals surface area contributed by atoms with Crippen molar-refractivity contribution in [2.24, 2.45) is 0 Å². The van der Waals surface area contributed by atoms with Crippen LogP contribution in [0.5, 0.6) is 0 Å². The van der Waals surface area contributed by atoms with Gasteiger partial charge in [0.1, 0.15) is 5.15 Å². The van der Waals surface area contributed by atoms with Crippen molar-refractivity contribution in [3.8, 4) is 0 Å². The smallest absolute Gasteiger partial charge is 0.129 e. The monoisotopic (exact) mass is 273 g/mol. The van der Waals surface area contributed by atoms with Crippen molar-refractivity contribution in [2.75, 3.05) is 17.2 Å². The summed E-state index contributed by atoms with van der Waals surface area (Å²) in [7, 11) is 0. The second kappa shape index (κ2) is 5.10. The van der Waals surface area contributed by atoms with E-state index in [4.69, 9.17) is 17.3 Å². The molecule has 0 aliphatic carbocycles. The molecule has 0 fully saturated rings. The summed E-state index contributed by atoms with van der Waals surface area (Å²) < 4.78 is 0. The maximum absolute atomic E-state index is 6.06. The summed E-state index contributed by atoms with van der Waals surface area (Å²) in [5, 5.41) is 0.534. The minimum absolute atomic E-state index is 0.534. The molecule has 0 unspecified atom stereocenters. The van der Waals surface area contributed by atoms with Crippen LogP contribution in [0.1, 0.15) is 17.5 Å². The van der Waals surface area contributed by atoms with Gasteiger partial charge in [0.2, 0.25) is 0 Å². The summed E-state index contributed by atoms with van der Waals surface area (Å²) >= 11 is 5.82. The fourth-order valence-electron chi connectivity index (χ4n) is 2.61. The van der Waals surface area contributed by atoms with Gasteiger partial charge in [-0.1, -0.05) is 23.7 Å². The van der Waals surface area contributed by atoms with E-state index in [1.807, 2.05) is 30.5 Å². The topological polar surface area (TPSA) is 42.1 Å². The molecule has 98 valence electrons. The molecule has 1 aromatic heterocycles. The van der Waals surface area contributed by atoms with E-state index >= 15 is 0 Å². The van der Waals surface area contributed by atoms with Gasteiger partial charge in [0.25, 0.3) is 0 Å². The van der Waals surface area contributed by atoms with Crippen LogP contribution in [0.25, 0.3) is 0 Å². The molecular weight excluding hydrogens is 258 g/mol. The molecule has 0 bridgehead atoms. The van der Waals surface area contributed by atoms with Gasteiger partial charge >= 0.3 is 0 Å². The van der Waals surface area contributed by atoms with E-state index in [-0.39, 0.29) is 0 Å². The number of nitrogens with zero attached hydrogens (tertiary/aromatic N) is 2. The molecule has 0 amide bonds. The predicted octanol–water partition coefficient (Wildman–Crippen LogP) is 3.27. The van der Waals surface area contributed by atoms with Gasteiger partial charge in [-0.25, -0.2) is 4.98 Å². The Morgan fingerprint density at radius 1 is 1.26 bits per heavy atom. The van der Waals surface area contributed by atoms with Gasteiger partial charge in [-0.3, -0.25) is 0 Å². The average molecular weight is 274 g/mol. The molecule has 19 heavy (non-hydrogen) atoms. The lowest BCUT2D eigenvalue weighted by Crippen LogP contribution is -2.29. The van der Waals surface area contributed by atoms with Gasteiger partial charge in [-0.05, 0) is 42.2 Å². The Hall–Kier alpha value is -1.74. The highest BCUT2D eigenvalue weighted by atomic mass is 35.5. The van der Waals surface area contributed by atoms with Crippen LogP contribution in [-0.4, -0.2) is 11.5 Å². The van der Waals surface area contributed by atoms with E-state index in [2.05, 4.69) is 16.0 Å². The number of halogens is 1. The van der Waals surface area contributed by atoms with Gasteiger partial charge in [0.15, 0.2) is 0 Å². The molecule has 1 aromatic carbocycles. The predicted molar refractivity (Wildman–Crippen MR) is 79.5 cm³/mol. The van der Waals surface area contributed by atoms with Crippen molar-refractivity contribution < 1.29 is 0 Å². The number of nitrogen functional groups attached to an aromatic ring is 1. The number of nitrogens with two attached hydrogens (primary N) is 1. The quantitative estimate of drug-likeness (QED) is 0.674. The van der Waals surface area contributed by atoms with E-state index in [9.17, 15) is 0 Å². The highest BCUT2D eigenvalue weighted by molar-refractivity contribution is 6.29. The van der Waals surface area contributed by atoms with Crippen LogP contribution >= 0.6 is 11.6 Å². The zero-order chi connectivity index (χ0) is 13.2. The molecule has 1 aliphatic heterocycles. The summed E-state index contributed by atoms with van der Waals surface area (Å²) in [6.07, 6.45) is 4.04. The van der Waals surface area contributed by atoms with Crippen LogP contribution in [0, 0.1) is 0 Å². The summed E-state index contributed by atoms with van der Waals surface area (Å²) in [6, 6.07) is 10.0. The Balaban J connectivity index is 1.88. The van der Waals surface area contributed by atoms with Crippen LogP contribution in [0.4, 0.5) is 11.4 Å². The molecule has 0 radical (unpaired) electrons. The van der Waals surface area contributed by atoms with Crippen molar-refractivity contribution >= 4 is 23.0 Å². The van der Waals surface area contributed by atoms with Crippen molar-refractivity contribution in [3.63, 3.8) is 0 Å². The Morgan fingerprint density at radius 3 is 2.95 bits per heavy atom. The summed E-state index contributed by atoms with van der Waals surface area (Å²) in [4.78, 5) is 6.49. The van der Waals surface area contributed by atoms with Gasteiger partial charge in [0, 0.05) is 30.7 Å². The standard InChI is InChI=1S/C15H16ClN3/c16-15-7-6-11(9-18-15)10-19-8-2-3-12-13(17)4-1-5-14(12)19/h1,4-7,9H,2-3,8,10,17H2. The second-order valence-corrected chi connectivity index (χ2v) is 5.25. The highest BCUT2D eigenvalue weighted by Gasteiger charge is 2.18. The zero-order valence-electron chi connectivity index (χ0n) is 10.6. The van der Waals surface area contributed by atoms with Gasteiger partial charge in [0.05, 0.1) is 0 Å². The van der Waals surface area contributed by atoms with E-state index in [1.54, 1.807) is 0 Å². The third-order valence-corrected chi connectivity index (χ3v) is 3.77. The highest BCUT2D eigenvalue weighted by Crippen LogP contribution is 2.32. The normalized spacial score (nSPS) is 14.3. The number of pyridine rings is 1. The third kappa shape index (κ3) is 2.51. The molecule has 2 aromatic rings. The van der Waals surface area contributed by atoms with Gasteiger partial charge in [-0.2, -0.15) is 0 Å². The number of aromatic nitrogens is 1. The Bertz CT molecular complexity index is 580. The second-order valence-electron chi connectivity index (χ2n) is 4.86. The average Bonchev–Trinajstić information content (AvgIpc) is 2.43. The molecule has 0 spiro atoms. The number of anilines is 2. The SMILES string of the molecule is Nc1cccc2c1CCCN2Cc1ccc(Cl)nc1. The largest absolute Gasteiger partial charge is 0.398 e. The van der Waals surface area contributed by atoms with E-state index in [1.165, 1.54) is 16.8 Å². The molecule has 2 N–H and O–H groups in total. The first kappa shape index (κ1) is 12.3. The number of hydrogen-bond acceptors (Lipinski definition) is 3. The number of hydrogen-bond donors (Lipinski definition) is 1. The lowest BCUT2D eigenvalue weighted by molar-refractivity contribution is 0.691. The molecule has 4 heteroatoms. The van der Waals surface area contributed by atoms with Crippen molar-refractivity contribution in [3.05, 3.63) is 52.8 Å². The van der Waals surface area contributed by atoms with Crippen LogP contribution in [-0.2, 0) is 13.0 Å². The molecule has 2 heterocycles. The van der Waals surface area contributed by atoms with Crippen LogP contribution in [0.3, 0.4) is 0 Å². The number of rotatable bonds is 2. The molecule has 1 aliphatic rings. The molecule has 0 saturated heterocycles. The fraction of sp³-hybridized carbons (Fsp3) is 0.267. The number of benzene rings is 1.